The Morgan fingerprint density at radius 2 is 2.00 bits per heavy atom. The summed E-state index contributed by atoms with van der Waals surface area (Å²) in [5, 5.41) is 10.7. The molecule has 0 aromatic heterocycles. The SMILES string of the molecule is C/C1=C/CC[C@]2(C)O[C@H]2/C=C(/C(C)C)C[C@H](O)[C@]2(C)O[C@H]2CC1. The maximum absolute atomic E-state index is 10.7. The quantitative estimate of drug-likeness (QED) is 0.583. The van der Waals surface area contributed by atoms with Gasteiger partial charge in [-0.1, -0.05) is 37.1 Å². The Kier molecular flexibility index (Phi) is 4.50. The molecule has 3 nitrogen and oxygen atoms in total. The highest BCUT2D eigenvalue weighted by Crippen LogP contribution is 2.47. The third kappa shape index (κ3) is 3.57. The summed E-state index contributed by atoms with van der Waals surface area (Å²) in [6.45, 7) is 10.9. The van der Waals surface area contributed by atoms with Gasteiger partial charge >= 0.3 is 0 Å². The van der Waals surface area contributed by atoms with E-state index in [-0.39, 0.29) is 23.4 Å². The highest BCUT2D eigenvalue weighted by Gasteiger charge is 2.57. The van der Waals surface area contributed by atoms with E-state index in [1.54, 1.807) is 0 Å². The first-order valence-electron chi connectivity index (χ1n) is 9.14. The zero-order chi connectivity index (χ0) is 16.8. The van der Waals surface area contributed by atoms with Gasteiger partial charge in [0.2, 0.25) is 0 Å². The molecule has 23 heavy (non-hydrogen) atoms. The van der Waals surface area contributed by atoms with Crippen LogP contribution in [-0.4, -0.2) is 34.6 Å². The predicted molar refractivity (Wildman–Crippen MR) is 92.3 cm³/mol. The lowest BCUT2D eigenvalue weighted by atomic mass is 9.87. The minimum atomic E-state index is -0.432. The van der Waals surface area contributed by atoms with Crippen LogP contribution in [0.5, 0.6) is 0 Å². The standard InChI is InChI=1S/C20H32O3/c1-13(2)15-11-16(21)20(5)17(23-20)9-8-14(3)7-6-10-19(4)18(12-15)22-19/h7,12-13,16-18,21H,6,8-11H2,1-5H3/b14-7-,15-12+/t16-,17-,18-,19-,20-/m0/s1. The molecule has 0 aromatic rings. The van der Waals surface area contributed by atoms with Crippen LogP contribution in [0.2, 0.25) is 0 Å². The lowest BCUT2D eigenvalue weighted by Gasteiger charge is -2.20. The van der Waals surface area contributed by atoms with Crippen LogP contribution in [0.15, 0.2) is 23.3 Å². The first kappa shape index (κ1) is 17.2. The molecule has 2 saturated heterocycles. The van der Waals surface area contributed by atoms with Crippen molar-refractivity contribution in [1.29, 1.82) is 0 Å². The molecular formula is C20H32O3. The average Bonchev–Trinajstić information content (AvgIpc) is 3.32. The lowest BCUT2D eigenvalue weighted by Crippen LogP contribution is -2.30. The normalized spacial score (nSPS) is 49.1. The third-order valence-corrected chi connectivity index (χ3v) is 6.05. The Morgan fingerprint density at radius 3 is 2.70 bits per heavy atom. The Labute approximate surface area is 140 Å². The number of rotatable bonds is 1. The number of ether oxygens (including phenoxy) is 2. The summed E-state index contributed by atoms with van der Waals surface area (Å²) in [7, 11) is 0. The molecule has 2 fully saturated rings. The molecule has 0 bridgehead atoms. The second kappa shape index (κ2) is 6.02. The number of hydrogen-bond donors (Lipinski definition) is 1. The van der Waals surface area contributed by atoms with Crippen molar-refractivity contribution in [2.24, 2.45) is 5.92 Å². The van der Waals surface area contributed by atoms with Crippen molar-refractivity contribution >= 4 is 0 Å². The first-order chi connectivity index (χ1) is 10.7. The van der Waals surface area contributed by atoms with Gasteiger partial charge in [0.1, 0.15) is 11.7 Å². The Morgan fingerprint density at radius 1 is 1.26 bits per heavy atom. The van der Waals surface area contributed by atoms with Gasteiger partial charge in [0.05, 0.1) is 17.8 Å². The molecule has 3 rings (SSSR count). The average molecular weight is 320 g/mol. The third-order valence-electron chi connectivity index (χ3n) is 6.05. The van der Waals surface area contributed by atoms with E-state index in [9.17, 15) is 5.11 Å². The van der Waals surface area contributed by atoms with Crippen molar-refractivity contribution in [2.45, 2.75) is 96.2 Å². The highest BCUT2D eigenvalue weighted by atomic mass is 16.6. The van der Waals surface area contributed by atoms with Crippen molar-refractivity contribution in [2.75, 3.05) is 0 Å². The van der Waals surface area contributed by atoms with Crippen LogP contribution in [0.3, 0.4) is 0 Å². The van der Waals surface area contributed by atoms with Crippen LogP contribution < -0.4 is 0 Å². The second-order valence-electron chi connectivity index (χ2n) is 8.39. The van der Waals surface area contributed by atoms with E-state index >= 15 is 0 Å². The van der Waals surface area contributed by atoms with Gasteiger partial charge in [-0.05, 0) is 58.8 Å². The van der Waals surface area contributed by atoms with Gasteiger partial charge in [-0.15, -0.1) is 0 Å². The molecule has 0 unspecified atom stereocenters. The molecule has 1 aliphatic carbocycles. The molecule has 1 N–H and O–H groups in total. The fraction of sp³-hybridized carbons (Fsp3) is 0.800. The van der Waals surface area contributed by atoms with Crippen LogP contribution in [-0.2, 0) is 9.47 Å². The van der Waals surface area contributed by atoms with Crippen molar-refractivity contribution in [3.05, 3.63) is 23.3 Å². The zero-order valence-corrected chi connectivity index (χ0v) is 15.3. The lowest BCUT2D eigenvalue weighted by molar-refractivity contribution is 0.0833. The maximum atomic E-state index is 10.7. The monoisotopic (exact) mass is 320 g/mol. The van der Waals surface area contributed by atoms with Crippen LogP contribution in [0, 0.1) is 5.92 Å². The summed E-state index contributed by atoms with van der Waals surface area (Å²) in [4.78, 5) is 0. The number of fused-ring (bicyclic) bond motifs is 2. The van der Waals surface area contributed by atoms with E-state index in [0.29, 0.717) is 12.3 Å². The summed E-state index contributed by atoms with van der Waals surface area (Å²) in [5.74, 6) is 0.425. The summed E-state index contributed by atoms with van der Waals surface area (Å²) in [6.07, 6.45) is 9.47. The molecule has 2 heterocycles. The molecule has 0 radical (unpaired) electrons. The molecule has 5 atom stereocenters. The fourth-order valence-electron chi connectivity index (χ4n) is 3.76. The maximum Gasteiger partial charge on any atom is 0.118 e. The Balaban J connectivity index is 1.80. The van der Waals surface area contributed by atoms with Crippen molar-refractivity contribution in [3.63, 3.8) is 0 Å². The van der Waals surface area contributed by atoms with Crippen molar-refractivity contribution in [3.8, 4) is 0 Å². The minimum Gasteiger partial charge on any atom is -0.390 e. The zero-order valence-electron chi connectivity index (χ0n) is 15.3. The van der Waals surface area contributed by atoms with Crippen LogP contribution in [0.1, 0.15) is 66.7 Å². The number of aliphatic hydroxyl groups is 1. The minimum absolute atomic E-state index is 0.0193. The van der Waals surface area contributed by atoms with E-state index in [1.807, 2.05) is 0 Å². The summed E-state index contributed by atoms with van der Waals surface area (Å²) >= 11 is 0. The van der Waals surface area contributed by atoms with E-state index in [2.05, 4.69) is 46.8 Å². The van der Waals surface area contributed by atoms with Gasteiger partial charge in [0.25, 0.3) is 0 Å². The van der Waals surface area contributed by atoms with Gasteiger partial charge in [0.15, 0.2) is 0 Å². The summed E-state index contributed by atoms with van der Waals surface area (Å²) in [5.41, 5.74) is 2.33. The van der Waals surface area contributed by atoms with Gasteiger partial charge in [-0.25, -0.2) is 0 Å². The molecular weight excluding hydrogens is 288 g/mol. The molecule has 3 aliphatic rings. The summed E-state index contributed by atoms with van der Waals surface area (Å²) < 4.78 is 11.9. The number of epoxide rings is 2. The van der Waals surface area contributed by atoms with Gasteiger partial charge in [-0.3, -0.25) is 0 Å². The summed E-state index contributed by atoms with van der Waals surface area (Å²) in [6, 6.07) is 0. The van der Waals surface area contributed by atoms with Crippen molar-refractivity contribution < 1.29 is 14.6 Å². The van der Waals surface area contributed by atoms with Gasteiger partial charge < -0.3 is 14.6 Å². The van der Waals surface area contributed by atoms with E-state index in [4.69, 9.17) is 9.47 Å². The Bertz CT molecular complexity index is 521. The molecule has 0 aromatic carbocycles. The largest absolute Gasteiger partial charge is 0.390 e. The van der Waals surface area contributed by atoms with Crippen LogP contribution in [0.25, 0.3) is 0 Å². The molecule has 0 saturated carbocycles. The number of allylic oxidation sites excluding steroid dienone is 2. The molecule has 0 spiro atoms. The second-order valence-corrected chi connectivity index (χ2v) is 8.39. The molecule has 0 amide bonds. The van der Waals surface area contributed by atoms with E-state index in [1.165, 1.54) is 11.1 Å². The molecule has 2 aliphatic heterocycles. The van der Waals surface area contributed by atoms with Crippen LogP contribution in [0.4, 0.5) is 0 Å². The highest BCUT2D eigenvalue weighted by molar-refractivity contribution is 5.21. The van der Waals surface area contributed by atoms with Gasteiger partial charge in [0, 0.05) is 0 Å². The molecule has 130 valence electrons. The van der Waals surface area contributed by atoms with Gasteiger partial charge in [-0.2, -0.15) is 0 Å². The topological polar surface area (TPSA) is 45.3 Å². The first-order valence-corrected chi connectivity index (χ1v) is 9.14. The number of hydrogen-bond acceptors (Lipinski definition) is 3. The Hall–Kier alpha value is -0.640. The fourth-order valence-corrected chi connectivity index (χ4v) is 3.76. The number of aliphatic hydroxyl groups excluding tert-OH is 1. The van der Waals surface area contributed by atoms with Crippen LogP contribution >= 0.6 is 0 Å². The predicted octanol–water partition coefficient (Wildman–Crippen LogP) is 4.16. The molecule has 3 heteroatoms. The van der Waals surface area contributed by atoms with E-state index in [0.717, 1.165) is 25.7 Å². The van der Waals surface area contributed by atoms with Crippen molar-refractivity contribution in [1.82, 2.24) is 0 Å². The van der Waals surface area contributed by atoms with E-state index < -0.39 is 6.10 Å². The smallest absolute Gasteiger partial charge is 0.118 e.